The highest BCUT2D eigenvalue weighted by Crippen LogP contribution is 2.32. The highest BCUT2D eigenvalue weighted by atomic mass is 16.5. The molecule has 1 aromatic carbocycles. The molecule has 0 spiro atoms. The Hall–Kier alpha value is -2.08. The van der Waals surface area contributed by atoms with Gasteiger partial charge in [0.05, 0.1) is 19.8 Å². The molecule has 0 bridgehead atoms. The summed E-state index contributed by atoms with van der Waals surface area (Å²) < 4.78 is 15.7. The third-order valence-electron chi connectivity index (χ3n) is 2.71. The number of ether oxygens (including phenoxy) is 2. The van der Waals surface area contributed by atoms with Gasteiger partial charge in [-0.25, -0.2) is 0 Å². The van der Waals surface area contributed by atoms with E-state index in [1.54, 1.807) is 20.3 Å². The molecule has 0 fully saturated rings. The van der Waals surface area contributed by atoms with Crippen LogP contribution in [0.2, 0.25) is 0 Å². The monoisotopic (exact) mass is 263 g/mol. The van der Waals surface area contributed by atoms with E-state index in [0.717, 1.165) is 12.0 Å². The van der Waals surface area contributed by atoms with E-state index in [-0.39, 0.29) is 0 Å². The number of benzene rings is 1. The number of methoxy groups -OCH3 is 2. The first-order chi connectivity index (χ1) is 9.28. The second-order valence-corrected chi connectivity index (χ2v) is 3.97. The molecule has 0 atom stereocenters. The zero-order chi connectivity index (χ0) is 13.7. The van der Waals surface area contributed by atoms with Crippen molar-refractivity contribution in [3.63, 3.8) is 0 Å². The van der Waals surface area contributed by atoms with Gasteiger partial charge in [0, 0.05) is 12.5 Å². The Bertz CT molecular complexity index is 540. The smallest absolute Gasteiger partial charge is 0.261 e. The molecule has 0 amide bonds. The van der Waals surface area contributed by atoms with Gasteiger partial charge >= 0.3 is 0 Å². The standard InChI is InChI=1S/C13H17N3O3/c1-17-9-5-6-10(11(8-9)18-2)13-15-12(16-19-13)4-3-7-14/h5-6,8H,3-4,7,14H2,1-2H3. The van der Waals surface area contributed by atoms with E-state index >= 15 is 0 Å². The van der Waals surface area contributed by atoms with Crippen LogP contribution < -0.4 is 15.2 Å². The van der Waals surface area contributed by atoms with Crippen LogP contribution in [0, 0.1) is 0 Å². The van der Waals surface area contributed by atoms with Crippen LogP contribution in [0.5, 0.6) is 11.5 Å². The van der Waals surface area contributed by atoms with Crippen LogP contribution in [0.1, 0.15) is 12.2 Å². The lowest BCUT2D eigenvalue weighted by Gasteiger charge is -2.06. The minimum atomic E-state index is 0.437. The molecular formula is C13H17N3O3. The molecule has 0 saturated carbocycles. The van der Waals surface area contributed by atoms with E-state index in [0.29, 0.717) is 36.2 Å². The SMILES string of the molecule is COc1ccc(-c2nc(CCCN)no2)c(OC)c1. The van der Waals surface area contributed by atoms with Crippen molar-refractivity contribution in [2.75, 3.05) is 20.8 Å². The van der Waals surface area contributed by atoms with Crippen LogP contribution in [0.15, 0.2) is 22.7 Å². The van der Waals surface area contributed by atoms with Gasteiger partial charge < -0.3 is 19.7 Å². The first kappa shape index (κ1) is 13.4. The summed E-state index contributed by atoms with van der Waals surface area (Å²) in [7, 11) is 3.19. The fourth-order valence-corrected chi connectivity index (χ4v) is 1.70. The number of hydrogen-bond donors (Lipinski definition) is 1. The normalized spacial score (nSPS) is 10.5. The number of aromatic nitrogens is 2. The van der Waals surface area contributed by atoms with Gasteiger partial charge in [-0.2, -0.15) is 4.98 Å². The predicted octanol–water partition coefficient (Wildman–Crippen LogP) is 1.65. The van der Waals surface area contributed by atoms with Crippen LogP contribution in [0.25, 0.3) is 11.5 Å². The van der Waals surface area contributed by atoms with Gasteiger partial charge in [0.1, 0.15) is 11.5 Å². The maximum Gasteiger partial charge on any atom is 0.261 e. The summed E-state index contributed by atoms with van der Waals surface area (Å²) in [6.45, 7) is 0.607. The summed E-state index contributed by atoms with van der Waals surface area (Å²) >= 11 is 0. The van der Waals surface area contributed by atoms with Crippen molar-refractivity contribution in [2.24, 2.45) is 5.73 Å². The number of aryl methyl sites for hydroxylation is 1. The van der Waals surface area contributed by atoms with Crippen molar-refractivity contribution in [1.29, 1.82) is 0 Å². The second kappa shape index (κ2) is 6.19. The molecule has 1 heterocycles. The minimum absolute atomic E-state index is 0.437. The van der Waals surface area contributed by atoms with E-state index < -0.39 is 0 Å². The van der Waals surface area contributed by atoms with Crippen LogP contribution >= 0.6 is 0 Å². The lowest BCUT2D eigenvalue weighted by Crippen LogP contribution is -2.01. The molecule has 102 valence electrons. The van der Waals surface area contributed by atoms with E-state index in [2.05, 4.69) is 10.1 Å². The van der Waals surface area contributed by atoms with Gasteiger partial charge in [0.2, 0.25) is 0 Å². The number of nitrogens with zero attached hydrogens (tertiary/aromatic N) is 2. The molecule has 0 aliphatic rings. The van der Waals surface area contributed by atoms with Crippen LogP contribution in [-0.2, 0) is 6.42 Å². The Labute approximate surface area is 111 Å². The highest BCUT2D eigenvalue weighted by Gasteiger charge is 2.14. The van der Waals surface area contributed by atoms with E-state index in [1.807, 2.05) is 12.1 Å². The molecule has 2 N–H and O–H groups in total. The van der Waals surface area contributed by atoms with E-state index in [1.165, 1.54) is 0 Å². The molecular weight excluding hydrogens is 246 g/mol. The van der Waals surface area contributed by atoms with Crippen molar-refractivity contribution in [1.82, 2.24) is 10.1 Å². The summed E-state index contributed by atoms with van der Waals surface area (Å²) in [6, 6.07) is 5.43. The zero-order valence-electron chi connectivity index (χ0n) is 11.0. The second-order valence-electron chi connectivity index (χ2n) is 3.97. The zero-order valence-corrected chi connectivity index (χ0v) is 11.0. The topological polar surface area (TPSA) is 83.4 Å². The Kier molecular flexibility index (Phi) is 4.35. The summed E-state index contributed by atoms with van der Waals surface area (Å²) in [4.78, 5) is 4.33. The summed E-state index contributed by atoms with van der Waals surface area (Å²) in [5.41, 5.74) is 6.20. The third-order valence-corrected chi connectivity index (χ3v) is 2.71. The molecule has 0 saturated heterocycles. The maximum atomic E-state index is 5.45. The Morgan fingerprint density at radius 3 is 2.79 bits per heavy atom. The van der Waals surface area contributed by atoms with Crippen molar-refractivity contribution < 1.29 is 14.0 Å². The molecule has 0 aliphatic heterocycles. The van der Waals surface area contributed by atoms with Gasteiger partial charge in [0.15, 0.2) is 5.82 Å². The summed E-state index contributed by atoms with van der Waals surface area (Å²) in [5, 5.41) is 3.92. The Morgan fingerprint density at radius 1 is 1.26 bits per heavy atom. The van der Waals surface area contributed by atoms with Crippen LogP contribution in [0.3, 0.4) is 0 Å². The lowest BCUT2D eigenvalue weighted by atomic mass is 10.2. The van der Waals surface area contributed by atoms with Crippen molar-refractivity contribution >= 4 is 0 Å². The highest BCUT2D eigenvalue weighted by molar-refractivity contribution is 5.64. The van der Waals surface area contributed by atoms with Gasteiger partial charge in [-0.1, -0.05) is 5.16 Å². The molecule has 2 aromatic rings. The fraction of sp³-hybridized carbons (Fsp3) is 0.385. The molecule has 2 rings (SSSR count). The number of rotatable bonds is 6. The molecule has 0 unspecified atom stereocenters. The summed E-state index contributed by atoms with van der Waals surface area (Å²) in [6.07, 6.45) is 1.54. The van der Waals surface area contributed by atoms with Gasteiger partial charge in [-0.05, 0) is 25.1 Å². The molecule has 19 heavy (non-hydrogen) atoms. The van der Waals surface area contributed by atoms with E-state index in [4.69, 9.17) is 19.7 Å². The minimum Gasteiger partial charge on any atom is -0.497 e. The number of nitrogens with two attached hydrogens (primary N) is 1. The van der Waals surface area contributed by atoms with E-state index in [9.17, 15) is 0 Å². The van der Waals surface area contributed by atoms with Crippen LogP contribution in [0.4, 0.5) is 0 Å². The lowest BCUT2D eigenvalue weighted by molar-refractivity contribution is 0.390. The molecule has 0 aliphatic carbocycles. The van der Waals surface area contributed by atoms with Crippen molar-refractivity contribution in [3.8, 4) is 23.0 Å². The Balaban J connectivity index is 2.27. The third kappa shape index (κ3) is 3.03. The van der Waals surface area contributed by atoms with Gasteiger partial charge in [-0.3, -0.25) is 0 Å². The molecule has 0 radical (unpaired) electrons. The van der Waals surface area contributed by atoms with Gasteiger partial charge in [0.25, 0.3) is 5.89 Å². The Morgan fingerprint density at radius 2 is 2.11 bits per heavy atom. The molecule has 1 aromatic heterocycles. The maximum absolute atomic E-state index is 5.45. The summed E-state index contributed by atoms with van der Waals surface area (Å²) in [5.74, 6) is 2.43. The predicted molar refractivity (Wildman–Crippen MR) is 70.2 cm³/mol. The quantitative estimate of drug-likeness (QED) is 0.853. The largest absolute Gasteiger partial charge is 0.497 e. The van der Waals surface area contributed by atoms with Crippen LogP contribution in [-0.4, -0.2) is 30.9 Å². The van der Waals surface area contributed by atoms with Crippen molar-refractivity contribution in [2.45, 2.75) is 12.8 Å². The molecule has 6 nitrogen and oxygen atoms in total. The first-order valence-corrected chi connectivity index (χ1v) is 6.03. The fourth-order valence-electron chi connectivity index (χ4n) is 1.70. The van der Waals surface area contributed by atoms with Gasteiger partial charge in [-0.15, -0.1) is 0 Å². The molecule has 6 heteroatoms. The number of hydrogen-bond acceptors (Lipinski definition) is 6. The first-order valence-electron chi connectivity index (χ1n) is 6.03. The van der Waals surface area contributed by atoms with Crippen molar-refractivity contribution in [3.05, 3.63) is 24.0 Å². The average Bonchev–Trinajstić information content (AvgIpc) is 2.92. The average molecular weight is 263 g/mol.